The molecule has 120 valence electrons. The summed E-state index contributed by atoms with van der Waals surface area (Å²) in [7, 11) is 0. The van der Waals surface area contributed by atoms with Crippen LogP contribution < -0.4 is 0 Å². The van der Waals surface area contributed by atoms with Crippen LogP contribution in [0.15, 0.2) is 0 Å². The first-order chi connectivity index (χ1) is 9.38. The topological polar surface area (TPSA) is 37.3 Å². The molecule has 0 fully saturated rings. The number of aliphatic carboxylic acids is 1. The van der Waals surface area contributed by atoms with Gasteiger partial charge in [-0.15, -0.1) is 0 Å². The van der Waals surface area contributed by atoms with Gasteiger partial charge in [0.1, 0.15) is 0 Å². The number of hydrogen-bond acceptors (Lipinski definition) is 1. The third-order valence-electron chi connectivity index (χ3n) is 4.41. The normalized spacial score (nSPS) is 13.4. The van der Waals surface area contributed by atoms with Gasteiger partial charge >= 0.3 is 5.97 Å². The molecule has 20 heavy (non-hydrogen) atoms. The van der Waals surface area contributed by atoms with Crippen LogP contribution in [0.4, 0.5) is 0 Å². The zero-order valence-corrected chi connectivity index (χ0v) is 14.2. The molecule has 0 saturated carbocycles. The van der Waals surface area contributed by atoms with Crippen molar-refractivity contribution in [3.8, 4) is 0 Å². The SMILES string of the molecule is CCC(CCCCCCCCCCC(=O)O)C(C)(C)C. The summed E-state index contributed by atoms with van der Waals surface area (Å²) in [6.45, 7) is 9.39. The summed E-state index contributed by atoms with van der Waals surface area (Å²) in [5, 5.41) is 8.54. The van der Waals surface area contributed by atoms with Gasteiger partial charge in [-0.1, -0.05) is 79.1 Å². The molecule has 0 radical (unpaired) electrons. The van der Waals surface area contributed by atoms with Crippen molar-refractivity contribution in [3.63, 3.8) is 0 Å². The Hall–Kier alpha value is -0.530. The van der Waals surface area contributed by atoms with Gasteiger partial charge in [0.2, 0.25) is 0 Å². The summed E-state index contributed by atoms with van der Waals surface area (Å²) in [4.78, 5) is 10.4. The lowest BCUT2D eigenvalue weighted by Gasteiger charge is -2.29. The number of carboxylic acid groups (broad SMARTS) is 1. The lowest BCUT2D eigenvalue weighted by Crippen LogP contribution is -2.19. The van der Waals surface area contributed by atoms with Gasteiger partial charge in [0.05, 0.1) is 0 Å². The van der Waals surface area contributed by atoms with Crippen molar-refractivity contribution >= 4 is 5.97 Å². The van der Waals surface area contributed by atoms with Crippen molar-refractivity contribution in [2.24, 2.45) is 11.3 Å². The summed E-state index contributed by atoms with van der Waals surface area (Å²) in [5.41, 5.74) is 0.457. The van der Waals surface area contributed by atoms with Crippen LogP contribution in [0.25, 0.3) is 0 Å². The molecule has 1 N–H and O–H groups in total. The molecule has 0 aromatic carbocycles. The van der Waals surface area contributed by atoms with Crippen molar-refractivity contribution in [1.29, 1.82) is 0 Å². The first-order valence-corrected chi connectivity index (χ1v) is 8.59. The first-order valence-electron chi connectivity index (χ1n) is 8.59. The van der Waals surface area contributed by atoms with Gasteiger partial charge in [-0.05, 0) is 24.2 Å². The van der Waals surface area contributed by atoms with Crippen molar-refractivity contribution in [2.45, 2.75) is 98.3 Å². The van der Waals surface area contributed by atoms with E-state index in [4.69, 9.17) is 5.11 Å². The third-order valence-corrected chi connectivity index (χ3v) is 4.41. The Morgan fingerprint density at radius 1 is 0.900 bits per heavy atom. The van der Waals surface area contributed by atoms with Crippen molar-refractivity contribution < 1.29 is 9.90 Å². The van der Waals surface area contributed by atoms with Gasteiger partial charge in [0.15, 0.2) is 0 Å². The first kappa shape index (κ1) is 19.5. The largest absolute Gasteiger partial charge is 0.481 e. The smallest absolute Gasteiger partial charge is 0.303 e. The Labute approximate surface area is 126 Å². The molecule has 0 spiro atoms. The van der Waals surface area contributed by atoms with Crippen LogP contribution in [0.3, 0.4) is 0 Å². The molecule has 2 heteroatoms. The van der Waals surface area contributed by atoms with Gasteiger partial charge < -0.3 is 5.11 Å². The summed E-state index contributed by atoms with van der Waals surface area (Å²) >= 11 is 0. The Bertz CT molecular complexity index is 240. The van der Waals surface area contributed by atoms with Crippen LogP contribution in [-0.2, 0) is 4.79 Å². The fourth-order valence-electron chi connectivity index (χ4n) is 2.98. The highest BCUT2D eigenvalue weighted by molar-refractivity contribution is 5.66. The standard InChI is InChI=1S/C18H36O2/c1-5-16(18(2,3)4)14-12-10-8-6-7-9-11-13-15-17(19)20/h16H,5-15H2,1-4H3,(H,19,20). The number of carbonyl (C=O) groups is 1. The molecule has 1 unspecified atom stereocenters. The Morgan fingerprint density at radius 2 is 1.35 bits per heavy atom. The fourth-order valence-corrected chi connectivity index (χ4v) is 2.98. The van der Waals surface area contributed by atoms with Crippen molar-refractivity contribution in [2.75, 3.05) is 0 Å². The summed E-state index contributed by atoms with van der Waals surface area (Å²) < 4.78 is 0. The average Bonchev–Trinajstić information content (AvgIpc) is 2.34. The molecule has 0 aromatic heterocycles. The predicted octanol–water partition coefficient (Wildman–Crippen LogP) is 6.04. The van der Waals surface area contributed by atoms with E-state index in [1.165, 1.54) is 51.4 Å². The van der Waals surface area contributed by atoms with Gasteiger partial charge in [-0.3, -0.25) is 4.79 Å². The van der Waals surface area contributed by atoms with Crippen LogP contribution in [0.5, 0.6) is 0 Å². The maximum absolute atomic E-state index is 10.4. The van der Waals surface area contributed by atoms with Crippen LogP contribution in [0.1, 0.15) is 98.3 Å². The molecule has 0 bridgehead atoms. The number of unbranched alkanes of at least 4 members (excludes halogenated alkanes) is 7. The van der Waals surface area contributed by atoms with Gasteiger partial charge in [0.25, 0.3) is 0 Å². The lowest BCUT2D eigenvalue weighted by molar-refractivity contribution is -0.137. The minimum absolute atomic E-state index is 0.339. The van der Waals surface area contributed by atoms with Crippen molar-refractivity contribution in [1.82, 2.24) is 0 Å². The van der Waals surface area contributed by atoms with E-state index in [-0.39, 0.29) is 0 Å². The molecule has 0 rings (SSSR count). The minimum atomic E-state index is -0.658. The zero-order valence-electron chi connectivity index (χ0n) is 14.2. The molecule has 0 amide bonds. The molecule has 1 atom stereocenters. The molecule has 2 nitrogen and oxygen atoms in total. The molecule has 0 saturated heterocycles. The average molecular weight is 284 g/mol. The maximum atomic E-state index is 10.4. The number of carboxylic acids is 1. The molecule has 0 aliphatic carbocycles. The zero-order chi connectivity index (χ0) is 15.4. The van der Waals surface area contributed by atoms with E-state index in [1.54, 1.807) is 0 Å². The summed E-state index contributed by atoms with van der Waals surface area (Å²) in [6.07, 6.45) is 12.8. The third kappa shape index (κ3) is 11.3. The van der Waals surface area contributed by atoms with E-state index < -0.39 is 5.97 Å². The second kappa shape index (κ2) is 11.2. The second-order valence-electron chi connectivity index (χ2n) is 7.23. The van der Waals surface area contributed by atoms with E-state index in [0.717, 1.165) is 18.8 Å². The number of rotatable bonds is 12. The van der Waals surface area contributed by atoms with Gasteiger partial charge in [-0.25, -0.2) is 0 Å². The van der Waals surface area contributed by atoms with Crippen LogP contribution in [0.2, 0.25) is 0 Å². The van der Waals surface area contributed by atoms with E-state index in [2.05, 4.69) is 27.7 Å². The number of hydrogen-bond donors (Lipinski definition) is 1. The molecule has 0 aromatic rings. The van der Waals surface area contributed by atoms with Crippen LogP contribution >= 0.6 is 0 Å². The Balaban J connectivity index is 3.34. The monoisotopic (exact) mass is 284 g/mol. The Morgan fingerprint density at radius 3 is 1.75 bits per heavy atom. The minimum Gasteiger partial charge on any atom is -0.481 e. The summed E-state index contributed by atoms with van der Waals surface area (Å²) in [6, 6.07) is 0. The highest BCUT2D eigenvalue weighted by Gasteiger charge is 2.21. The highest BCUT2D eigenvalue weighted by Crippen LogP contribution is 2.32. The second-order valence-corrected chi connectivity index (χ2v) is 7.23. The predicted molar refractivity (Wildman–Crippen MR) is 87.0 cm³/mol. The maximum Gasteiger partial charge on any atom is 0.303 e. The van der Waals surface area contributed by atoms with Crippen LogP contribution in [-0.4, -0.2) is 11.1 Å². The fraction of sp³-hybridized carbons (Fsp3) is 0.944. The van der Waals surface area contributed by atoms with E-state index in [9.17, 15) is 4.79 Å². The molecular formula is C18H36O2. The summed E-state index contributed by atoms with van der Waals surface area (Å²) in [5.74, 6) is 0.202. The molecule has 0 aliphatic rings. The van der Waals surface area contributed by atoms with E-state index in [0.29, 0.717) is 11.8 Å². The Kier molecular flexibility index (Phi) is 10.9. The quantitative estimate of drug-likeness (QED) is 0.443. The molecule has 0 aliphatic heterocycles. The molecular weight excluding hydrogens is 248 g/mol. The lowest BCUT2D eigenvalue weighted by atomic mass is 9.76. The highest BCUT2D eigenvalue weighted by atomic mass is 16.4. The van der Waals surface area contributed by atoms with E-state index in [1.807, 2.05) is 0 Å². The van der Waals surface area contributed by atoms with Crippen LogP contribution in [0, 0.1) is 11.3 Å². The molecule has 0 heterocycles. The van der Waals surface area contributed by atoms with Gasteiger partial charge in [0, 0.05) is 6.42 Å². The van der Waals surface area contributed by atoms with Gasteiger partial charge in [-0.2, -0.15) is 0 Å². The van der Waals surface area contributed by atoms with Crippen molar-refractivity contribution in [3.05, 3.63) is 0 Å². The van der Waals surface area contributed by atoms with E-state index >= 15 is 0 Å².